The molecule has 1 atom stereocenters. The number of ether oxygens (including phenoxy) is 2. The Balaban J connectivity index is 2.94. The third-order valence-corrected chi connectivity index (χ3v) is 2.22. The van der Waals surface area contributed by atoms with E-state index in [1.54, 1.807) is 6.07 Å². The lowest BCUT2D eigenvalue weighted by Gasteiger charge is -2.14. The summed E-state index contributed by atoms with van der Waals surface area (Å²) < 4.78 is 22.7. The lowest BCUT2D eigenvalue weighted by molar-refractivity contribution is -0.141. The van der Waals surface area contributed by atoms with Crippen LogP contribution in [0.1, 0.15) is 18.0 Å². The first kappa shape index (κ1) is 12.4. The number of para-hydroxylation sites is 1. The zero-order chi connectivity index (χ0) is 12.1. The molecular formula is C11H14FNO3. The van der Waals surface area contributed by atoms with Crippen molar-refractivity contribution >= 4 is 5.97 Å². The summed E-state index contributed by atoms with van der Waals surface area (Å²) in [6, 6.07) is 3.77. The van der Waals surface area contributed by atoms with Crippen LogP contribution in [0.3, 0.4) is 0 Å². The van der Waals surface area contributed by atoms with Gasteiger partial charge in [0.25, 0.3) is 0 Å². The third-order valence-electron chi connectivity index (χ3n) is 2.22. The molecule has 0 bridgehead atoms. The molecule has 0 saturated carbocycles. The van der Waals surface area contributed by atoms with E-state index in [0.29, 0.717) is 5.56 Å². The Morgan fingerprint density at radius 2 is 2.19 bits per heavy atom. The fourth-order valence-corrected chi connectivity index (χ4v) is 1.41. The summed E-state index contributed by atoms with van der Waals surface area (Å²) in [4.78, 5) is 11.0. The molecule has 5 heteroatoms. The second kappa shape index (κ2) is 5.46. The van der Waals surface area contributed by atoms with Crippen molar-refractivity contribution in [1.82, 2.24) is 0 Å². The number of esters is 1. The van der Waals surface area contributed by atoms with Gasteiger partial charge in [0.2, 0.25) is 0 Å². The number of carbonyl (C=O) groups is 1. The highest BCUT2D eigenvalue weighted by Crippen LogP contribution is 2.28. The molecule has 0 aliphatic carbocycles. The van der Waals surface area contributed by atoms with Crippen LogP contribution in [0, 0.1) is 5.82 Å². The second-order valence-electron chi connectivity index (χ2n) is 3.25. The summed E-state index contributed by atoms with van der Waals surface area (Å²) in [6.45, 7) is 0. The standard InChI is InChI=1S/C11H14FNO3/c1-15-10(14)6-9(13)7-4-3-5-8(12)11(7)16-2/h3-5,9H,6,13H2,1-2H3. The van der Waals surface area contributed by atoms with Crippen molar-refractivity contribution in [3.05, 3.63) is 29.6 Å². The van der Waals surface area contributed by atoms with Gasteiger partial charge >= 0.3 is 5.97 Å². The Morgan fingerprint density at radius 1 is 1.50 bits per heavy atom. The monoisotopic (exact) mass is 227 g/mol. The average Bonchev–Trinajstić information content (AvgIpc) is 2.28. The number of nitrogens with two attached hydrogens (primary N) is 1. The molecule has 1 aromatic rings. The van der Waals surface area contributed by atoms with E-state index in [9.17, 15) is 9.18 Å². The molecule has 0 heterocycles. The van der Waals surface area contributed by atoms with E-state index in [-0.39, 0.29) is 12.2 Å². The molecule has 88 valence electrons. The summed E-state index contributed by atoms with van der Waals surface area (Å²) in [6.07, 6.45) is -0.0175. The largest absolute Gasteiger partial charge is 0.493 e. The van der Waals surface area contributed by atoms with Crippen LogP contribution in [0.2, 0.25) is 0 Å². The molecule has 2 N–H and O–H groups in total. The van der Waals surface area contributed by atoms with E-state index in [2.05, 4.69) is 4.74 Å². The Bertz CT molecular complexity index is 381. The van der Waals surface area contributed by atoms with Crippen molar-refractivity contribution in [1.29, 1.82) is 0 Å². The van der Waals surface area contributed by atoms with Gasteiger partial charge in [0.15, 0.2) is 11.6 Å². The Hall–Kier alpha value is -1.62. The number of carbonyl (C=O) groups excluding carboxylic acids is 1. The maximum absolute atomic E-state index is 13.3. The van der Waals surface area contributed by atoms with E-state index in [0.717, 1.165) is 0 Å². The molecule has 0 aliphatic rings. The van der Waals surface area contributed by atoms with Crippen molar-refractivity contribution in [3.63, 3.8) is 0 Å². The fraction of sp³-hybridized carbons (Fsp3) is 0.364. The molecule has 0 radical (unpaired) electrons. The minimum atomic E-state index is -0.641. The number of benzene rings is 1. The van der Waals surface area contributed by atoms with Crippen molar-refractivity contribution < 1.29 is 18.7 Å². The van der Waals surface area contributed by atoms with E-state index in [1.165, 1.54) is 26.4 Å². The predicted molar refractivity (Wildman–Crippen MR) is 56.5 cm³/mol. The summed E-state index contributed by atoms with van der Waals surface area (Å²) in [5.41, 5.74) is 6.22. The maximum atomic E-state index is 13.3. The molecule has 0 fully saturated rings. The fourth-order valence-electron chi connectivity index (χ4n) is 1.41. The van der Waals surface area contributed by atoms with Crippen molar-refractivity contribution in [2.75, 3.05) is 14.2 Å². The lowest BCUT2D eigenvalue weighted by atomic mass is 10.0. The Kier molecular flexibility index (Phi) is 4.25. The van der Waals surface area contributed by atoms with Crippen LogP contribution >= 0.6 is 0 Å². The molecule has 0 amide bonds. The van der Waals surface area contributed by atoms with Gasteiger partial charge in [0.05, 0.1) is 20.6 Å². The van der Waals surface area contributed by atoms with Crippen LogP contribution in [0.25, 0.3) is 0 Å². The second-order valence-corrected chi connectivity index (χ2v) is 3.25. The average molecular weight is 227 g/mol. The molecule has 0 aromatic heterocycles. The smallest absolute Gasteiger partial charge is 0.307 e. The minimum Gasteiger partial charge on any atom is -0.493 e. The lowest BCUT2D eigenvalue weighted by Crippen LogP contribution is -2.17. The molecule has 1 aromatic carbocycles. The first-order valence-corrected chi connectivity index (χ1v) is 4.75. The van der Waals surface area contributed by atoms with Gasteiger partial charge in [-0.2, -0.15) is 0 Å². The highest BCUT2D eigenvalue weighted by molar-refractivity contribution is 5.70. The van der Waals surface area contributed by atoms with E-state index in [4.69, 9.17) is 10.5 Å². The van der Waals surface area contributed by atoms with E-state index in [1.807, 2.05) is 0 Å². The molecule has 0 saturated heterocycles. The summed E-state index contributed by atoms with van der Waals surface area (Å²) in [5, 5.41) is 0. The van der Waals surface area contributed by atoms with Crippen LogP contribution in [0.4, 0.5) is 4.39 Å². The third kappa shape index (κ3) is 2.70. The first-order chi connectivity index (χ1) is 7.60. The van der Waals surface area contributed by atoms with Gasteiger partial charge in [-0.05, 0) is 6.07 Å². The van der Waals surface area contributed by atoms with Gasteiger partial charge in [-0.1, -0.05) is 12.1 Å². The van der Waals surface area contributed by atoms with Crippen LogP contribution in [-0.4, -0.2) is 20.2 Å². The maximum Gasteiger partial charge on any atom is 0.307 e. The van der Waals surface area contributed by atoms with Gasteiger partial charge < -0.3 is 15.2 Å². The molecule has 0 spiro atoms. The van der Waals surface area contributed by atoms with Gasteiger partial charge in [-0.3, -0.25) is 4.79 Å². The predicted octanol–water partition coefficient (Wildman–Crippen LogP) is 1.40. The molecule has 0 aliphatic heterocycles. The molecule has 1 unspecified atom stereocenters. The van der Waals surface area contributed by atoms with E-state index < -0.39 is 17.8 Å². The van der Waals surface area contributed by atoms with Gasteiger partial charge in [0, 0.05) is 11.6 Å². The Labute approximate surface area is 93.2 Å². The number of methoxy groups -OCH3 is 2. The molecule has 4 nitrogen and oxygen atoms in total. The minimum absolute atomic E-state index is 0.0175. The zero-order valence-corrected chi connectivity index (χ0v) is 9.20. The molecular weight excluding hydrogens is 213 g/mol. The molecule has 16 heavy (non-hydrogen) atoms. The number of rotatable bonds is 4. The summed E-state index contributed by atoms with van der Waals surface area (Å²) in [5.74, 6) is -0.877. The normalized spacial score (nSPS) is 12.0. The number of hydrogen-bond donors (Lipinski definition) is 1. The molecule has 1 rings (SSSR count). The summed E-state index contributed by atoms with van der Waals surface area (Å²) in [7, 11) is 2.63. The van der Waals surface area contributed by atoms with Crippen LogP contribution < -0.4 is 10.5 Å². The van der Waals surface area contributed by atoms with E-state index >= 15 is 0 Å². The SMILES string of the molecule is COC(=O)CC(N)c1cccc(F)c1OC. The van der Waals surface area contributed by atoms with Crippen molar-refractivity contribution in [3.8, 4) is 5.75 Å². The number of halogens is 1. The zero-order valence-electron chi connectivity index (χ0n) is 9.20. The summed E-state index contributed by atoms with van der Waals surface area (Å²) >= 11 is 0. The van der Waals surface area contributed by atoms with Crippen LogP contribution in [0.15, 0.2) is 18.2 Å². The van der Waals surface area contributed by atoms with Crippen LogP contribution in [-0.2, 0) is 9.53 Å². The Morgan fingerprint density at radius 3 is 2.75 bits per heavy atom. The van der Waals surface area contributed by atoms with Crippen molar-refractivity contribution in [2.24, 2.45) is 5.73 Å². The van der Waals surface area contributed by atoms with Crippen molar-refractivity contribution in [2.45, 2.75) is 12.5 Å². The van der Waals surface area contributed by atoms with Gasteiger partial charge in [0.1, 0.15) is 0 Å². The highest BCUT2D eigenvalue weighted by atomic mass is 19.1. The topological polar surface area (TPSA) is 61.5 Å². The van der Waals surface area contributed by atoms with Gasteiger partial charge in [-0.25, -0.2) is 4.39 Å². The first-order valence-electron chi connectivity index (χ1n) is 4.75. The highest BCUT2D eigenvalue weighted by Gasteiger charge is 2.18. The quantitative estimate of drug-likeness (QED) is 0.790. The van der Waals surface area contributed by atoms with Crippen LogP contribution in [0.5, 0.6) is 5.75 Å². The number of hydrogen-bond acceptors (Lipinski definition) is 4. The van der Waals surface area contributed by atoms with Gasteiger partial charge in [-0.15, -0.1) is 0 Å².